The van der Waals surface area contributed by atoms with Crippen molar-refractivity contribution in [2.45, 2.75) is 56.1 Å². The number of rotatable bonds is 0. The lowest BCUT2D eigenvalue weighted by Gasteiger charge is -2.38. The van der Waals surface area contributed by atoms with Crippen LogP contribution in [0.4, 0.5) is 0 Å². The zero-order valence-electron chi connectivity index (χ0n) is 7.19. The first-order chi connectivity index (χ1) is 5.02. The third-order valence-electron chi connectivity index (χ3n) is 2.98. The van der Waals surface area contributed by atoms with Crippen molar-refractivity contribution in [3.8, 4) is 0 Å². The average Bonchev–Trinajstić information content (AvgIpc) is 2.01. The highest BCUT2D eigenvalue weighted by Crippen LogP contribution is 2.48. The number of halogens is 1. The standard InChI is InChI=1S/C9H15ClO/c1-8-3-4-9(2,11-8)6-7(10)5-8/h7H,3-6H2,1-2H3/t7?,8-,9+. The molecule has 2 heterocycles. The van der Waals surface area contributed by atoms with Gasteiger partial charge in [0.1, 0.15) is 0 Å². The van der Waals surface area contributed by atoms with Gasteiger partial charge in [-0.05, 0) is 39.5 Å². The first-order valence-electron chi connectivity index (χ1n) is 4.36. The van der Waals surface area contributed by atoms with E-state index in [1.165, 1.54) is 12.8 Å². The van der Waals surface area contributed by atoms with Crippen LogP contribution in [0.2, 0.25) is 0 Å². The normalized spacial score (nSPS) is 56.5. The van der Waals surface area contributed by atoms with Crippen LogP contribution < -0.4 is 0 Å². The van der Waals surface area contributed by atoms with Crippen LogP contribution in [-0.2, 0) is 4.74 Å². The fourth-order valence-electron chi connectivity index (χ4n) is 2.52. The summed E-state index contributed by atoms with van der Waals surface area (Å²) in [6, 6.07) is 0. The summed E-state index contributed by atoms with van der Waals surface area (Å²) in [4.78, 5) is 0. The van der Waals surface area contributed by atoms with Crippen LogP contribution in [0.25, 0.3) is 0 Å². The van der Waals surface area contributed by atoms with Gasteiger partial charge in [0.05, 0.1) is 11.2 Å². The fraction of sp³-hybridized carbons (Fsp3) is 1.00. The van der Waals surface area contributed by atoms with Gasteiger partial charge >= 0.3 is 0 Å². The fourth-order valence-corrected chi connectivity index (χ4v) is 3.18. The molecule has 0 spiro atoms. The topological polar surface area (TPSA) is 9.23 Å². The molecule has 3 atom stereocenters. The molecule has 2 aliphatic heterocycles. The van der Waals surface area contributed by atoms with Crippen molar-refractivity contribution in [1.82, 2.24) is 0 Å². The molecule has 2 bridgehead atoms. The zero-order chi connectivity index (χ0) is 8.11. The highest BCUT2D eigenvalue weighted by atomic mass is 35.5. The van der Waals surface area contributed by atoms with E-state index >= 15 is 0 Å². The third kappa shape index (κ3) is 1.29. The van der Waals surface area contributed by atoms with Gasteiger partial charge in [-0.15, -0.1) is 11.6 Å². The molecule has 2 rings (SSSR count). The van der Waals surface area contributed by atoms with E-state index in [1.807, 2.05) is 0 Å². The molecular weight excluding hydrogens is 160 g/mol. The van der Waals surface area contributed by atoms with Crippen LogP contribution in [-0.4, -0.2) is 16.6 Å². The van der Waals surface area contributed by atoms with Gasteiger partial charge in [0, 0.05) is 5.38 Å². The number of hydrogen-bond acceptors (Lipinski definition) is 1. The summed E-state index contributed by atoms with van der Waals surface area (Å²) in [6.07, 6.45) is 4.44. The molecule has 2 saturated heterocycles. The van der Waals surface area contributed by atoms with Crippen LogP contribution in [0.15, 0.2) is 0 Å². The van der Waals surface area contributed by atoms with Crippen LogP contribution >= 0.6 is 11.6 Å². The summed E-state index contributed by atoms with van der Waals surface area (Å²) >= 11 is 6.15. The summed E-state index contributed by atoms with van der Waals surface area (Å²) in [6.45, 7) is 4.37. The Kier molecular flexibility index (Phi) is 1.53. The highest BCUT2D eigenvalue weighted by Gasteiger charge is 2.49. The largest absolute Gasteiger partial charge is 0.369 e. The molecule has 1 unspecified atom stereocenters. The van der Waals surface area contributed by atoms with Crippen molar-refractivity contribution in [3.63, 3.8) is 0 Å². The van der Waals surface area contributed by atoms with Crippen molar-refractivity contribution in [2.24, 2.45) is 0 Å². The zero-order valence-corrected chi connectivity index (χ0v) is 7.95. The maximum absolute atomic E-state index is 6.15. The van der Waals surface area contributed by atoms with Crippen LogP contribution in [0.3, 0.4) is 0 Å². The van der Waals surface area contributed by atoms with E-state index in [1.54, 1.807) is 0 Å². The molecule has 0 amide bonds. The molecule has 0 aromatic heterocycles. The minimum atomic E-state index is 0.0966. The summed E-state index contributed by atoms with van der Waals surface area (Å²) in [7, 11) is 0. The molecule has 0 aliphatic carbocycles. The van der Waals surface area contributed by atoms with E-state index in [4.69, 9.17) is 16.3 Å². The van der Waals surface area contributed by atoms with Crippen molar-refractivity contribution in [1.29, 1.82) is 0 Å². The molecule has 64 valence electrons. The molecule has 2 aliphatic rings. The second kappa shape index (κ2) is 2.14. The second-order valence-corrected chi connectivity index (χ2v) is 5.12. The van der Waals surface area contributed by atoms with Gasteiger partial charge in [-0.3, -0.25) is 0 Å². The van der Waals surface area contributed by atoms with Gasteiger partial charge in [0.25, 0.3) is 0 Å². The van der Waals surface area contributed by atoms with Gasteiger partial charge in [-0.25, -0.2) is 0 Å². The maximum Gasteiger partial charge on any atom is 0.0677 e. The third-order valence-corrected chi connectivity index (χ3v) is 3.29. The van der Waals surface area contributed by atoms with Gasteiger partial charge in [-0.1, -0.05) is 0 Å². The van der Waals surface area contributed by atoms with Crippen molar-refractivity contribution < 1.29 is 4.74 Å². The van der Waals surface area contributed by atoms with E-state index in [0.29, 0.717) is 5.38 Å². The van der Waals surface area contributed by atoms with Crippen molar-refractivity contribution in [2.75, 3.05) is 0 Å². The van der Waals surface area contributed by atoms with Gasteiger partial charge < -0.3 is 4.74 Å². The second-order valence-electron chi connectivity index (χ2n) is 4.51. The number of fused-ring (bicyclic) bond motifs is 2. The van der Waals surface area contributed by atoms with Crippen molar-refractivity contribution in [3.05, 3.63) is 0 Å². The number of hydrogen-bond donors (Lipinski definition) is 0. The van der Waals surface area contributed by atoms with Crippen LogP contribution in [0.5, 0.6) is 0 Å². The minimum Gasteiger partial charge on any atom is -0.369 e. The Morgan fingerprint density at radius 1 is 1.18 bits per heavy atom. The Morgan fingerprint density at radius 3 is 2.09 bits per heavy atom. The molecule has 0 saturated carbocycles. The molecule has 11 heavy (non-hydrogen) atoms. The summed E-state index contributed by atoms with van der Waals surface area (Å²) in [5.41, 5.74) is 0.193. The molecule has 2 heteroatoms. The minimum absolute atomic E-state index is 0.0966. The quantitative estimate of drug-likeness (QED) is 0.514. The summed E-state index contributed by atoms with van der Waals surface area (Å²) in [5, 5.41) is 0.334. The SMILES string of the molecule is C[C@]12CC[C@](C)(CC(Cl)C1)O2. The maximum atomic E-state index is 6.15. The lowest BCUT2D eigenvalue weighted by atomic mass is 9.95. The molecule has 0 aromatic rings. The van der Waals surface area contributed by atoms with Gasteiger partial charge in [0.15, 0.2) is 0 Å². The van der Waals surface area contributed by atoms with E-state index in [0.717, 1.165) is 12.8 Å². The van der Waals surface area contributed by atoms with E-state index in [2.05, 4.69) is 13.8 Å². The monoisotopic (exact) mass is 174 g/mol. The molecule has 1 nitrogen and oxygen atoms in total. The molecule has 0 N–H and O–H groups in total. The molecule has 2 fully saturated rings. The number of ether oxygens (including phenoxy) is 1. The van der Waals surface area contributed by atoms with Crippen LogP contribution in [0.1, 0.15) is 39.5 Å². The summed E-state index contributed by atoms with van der Waals surface area (Å²) in [5.74, 6) is 0. The number of alkyl halides is 1. The van der Waals surface area contributed by atoms with E-state index in [9.17, 15) is 0 Å². The van der Waals surface area contributed by atoms with Gasteiger partial charge in [0.2, 0.25) is 0 Å². The molecule has 0 radical (unpaired) electrons. The Hall–Kier alpha value is 0.250. The Labute approximate surface area is 73.1 Å². The summed E-state index contributed by atoms with van der Waals surface area (Å²) < 4.78 is 5.96. The predicted octanol–water partition coefficient (Wildman–Crippen LogP) is 2.72. The Balaban J connectivity index is 2.21. The lowest BCUT2D eigenvalue weighted by Crippen LogP contribution is -2.41. The average molecular weight is 175 g/mol. The smallest absolute Gasteiger partial charge is 0.0677 e. The molecular formula is C9H15ClO. The highest BCUT2D eigenvalue weighted by molar-refractivity contribution is 6.20. The van der Waals surface area contributed by atoms with E-state index < -0.39 is 0 Å². The van der Waals surface area contributed by atoms with Gasteiger partial charge in [-0.2, -0.15) is 0 Å². The molecule has 0 aromatic carbocycles. The van der Waals surface area contributed by atoms with E-state index in [-0.39, 0.29) is 11.2 Å². The Bertz CT molecular complexity index is 164. The van der Waals surface area contributed by atoms with Crippen molar-refractivity contribution >= 4 is 11.6 Å². The predicted molar refractivity (Wildman–Crippen MR) is 46.0 cm³/mol. The first kappa shape index (κ1) is 7.88. The van der Waals surface area contributed by atoms with Crippen LogP contribution in [0, 0.1) is 0 Å². The Morgan fingerprint density at radius 2 is 1.64 bits per heavy atom. The lowest BCUT2D eigenvalue weighted by molar-refractivity contribution is -0.118. The first-order valence-corrected chi connectivity index (χ1v) is 4.79.